The molecular weight excluding hydrogens is 397 g/mol. The highest BCUT2D eigenvalue weighted by Crippen LogP contribution is 2.28. The van der Waals surface area contributed by atoms with Crippen LogP contribution in [0.1, 0.15) is 35.4 Å². The lowest BCUT2D eigenvalue weighted by atomic mass is 10.2. The van der Waals surface area contributed by atoms with Crippen LogP contribution in [0.25, 0.3) is 0 Å². The lowest BCUT2D eigenvalue weighted by molar-refractivity contribution is -0.141. The molecule has 1 aliphatic rings. The Bertz CT molecular complexity index is 963. The second-order valence-corrected chi connectivity index (χ2v) is 8.42. The second-order valence-electron chi connectivity index (χ2n) is 6.48. The normalized spacial score (nSPS) is 16.1. The first-order valence-corrected chi connectivity index (χ1v) is 10.1. The van der Waals surface area contributed by atoms with Crippen molar-refractivity contribution in [3.63, 3.8) is 0 Å². The summed E-state index contributed by atoms with van der Waals surface area (Å²) in [6.45, 7) is 0.950. The van der Waals surface area contributed by atoms with Crippen molar-refractivity contribution in [2.24, 2.45) is 7.05 Å². The van der Waals surface area contributed by atoms with Crippen LogP contribution in [0, 0.1) is 0 Å². The lowest BCUT2D eigenvalue weighted by Crippen LogP contribution is -2.35. The van der Waals surface area contributed by atoms with Crippen LogP contribution in [0.15, 0.2) is 35.2 Å². The SMILES string of the molecule is Cn1nc(C(F)(F)F)cc1C(=O)Nc1ccc(S(=O)(=O)N2CCCCC2)cc1. The summed E-state index contributed by atoms with van der Waals surface area (Å²) in [7, 11) is -2.36. The molecule has 1 amide bonds. The predicted molar refractivity (Wildman–Crippen MR) is 95.2 cm³/mol. The quantitative estimate of drug-likeness (QED) is 0.831. The number of sulfonamides is 1. The van der Waals surface area contributed by atoms with Crippen molar-refractivity contribution in [1.29, 1.82) is 0 Å². The van der Waals surface area contributed by atoms with E-state index in [0.29, 0.717) is 19.2 Å². The van der Waals surface area contributed by atoms with Gasteiger partial charge in [-0.05, 0) is 37.1 Å². The number of aromatic nitrogens is 2. The van der Waals surface area contributed by atoms with Crippen LogP contribution in [-0.4, -0.2) is 41.5 Å². The Morgan fingerprint density at radius 1 is 1.11 bits per heavy atom. The fourth-order valence-electron chi connectivity index (χ4n) is 2.98. The maximum Gasteiger partial charge on any atom is 0.435 e. The maximum atomic E-state index is 12.7. The van der Waals surface area contributed by atoms with Gasteiger partial charge < -0.3 is 5.32 Å². The van der Waals surface area contributed by atoms with E-state index in [4.69, 9.17) is 0 Å². The van der Waals surface area contributed by atoms with E-state index < -0.39 is 27.8 Å². The van der Waals surface area contributed by atoms with Crippen molar-refractivity contribution in [2.45, 2.75) is 30.3 Å². The van der Waals surface area contributed by atoms with E-state index >= 15 is 0 Å². The topological polar surface area (TPSA) is 84.3 Å². The number of nitrogens with zero attached hydrogens (tertiary/aromatic N) is 3. The highest BCUT2D eigenvalue weighted by molar-refractivity contribution is 7.89. The van der Waals surface area contributed by atoms with Gasteiger partial charge in [0, 0.05) is 31.9 Å². The zero-order chi connectivity index (χ0) is 20.5. The number of benzene rings is 1. The molecule has 0 bridgehead atoms. The summed E-state index contributed by atoms with van der Waals surface area (Å²) in [5, 5.41) is 5.74. The number of piperidine rings is 1. The van der Waals surface area contributed by atoms with Crippen molar-refractivity contribution >= 4 is 21.6 Å². The third-order valence-corrected chi connectivity index (χ3v) is 6.38. The van der Waals surface area contributed by atoms with Crippen molar-refractivity contribution in [3.8, 4) is 0 Å². The minimum atomic E-state index is -4.65. The third kappa shape index (κ3) is 4.20. The van der Waals surface area contributed by atoms with Gasteiger partial charge in [0.2, 0.25) is 10.0 Å². The molecule has 1 fully saturated rings. The molecule has 11 heteroatoms. The molecule has 1 N–H and O–H groups in total. The largest absolute Gasteiger partial charge is 0.435 e. The molecule has 3 rings (SSSR count). The molecule has 1 aliphatic heterocycles. The lowest BCUT2D eigenvalue weighted by Gasteiger charge is -2.25. The van der Waals surface area contributed by atoms with E-state index in [-0.39, 0.29) is 16.3 Å². The van der Waals surface area contributed by atoms with Gasteiger partial charge in [0.05, 0.1) is 4.90 Å². The van der Waals surface area contributed by atoms with Gasteiger partial charge in [0.25, 0.3) is 5.91 Å². The summed E-state index contributed by atoms with van der Waals surface area (Å²) in [5.74, 6) is -0.780. The summed E-state index contributed by atoms with van der Waals surface area (Å²) >= 11 is 0. The molecule has 0 unspecified atom stereocenters. The van der Waals surface area contributed by atoms with Gasteiger partial charge in [-0.2, -0.15) is 22.6 Å². The maximum absolute atomic E-state index is 12.7. The minimum absolute atomic E-state index is 0.104. The van der Waals surface area contributed by atoms with Gasteiger partial charge in [0.1, 0.15) is 5.69 Å². The number of carbonyl (C=O) groups is 1. The van der Waals surface area contributed by atoms with Crippen molar-refractivity contribution < 1.29 is 26.4 Å². The molecule has 1 aromatic heterocycles. The van der Waals surface area contributed by atoms with Gasteiger partial charge in [-0.15, -0.1) is 0 Å². The summed E-state index contributed by atoms with van der Waals surface area (Å²) < 4.78 is 65.6. The molecule has 0 atom stereocenters. The highest BCUT2D eigenvalue weighted by atomic mass is 32.2. The molecule has 0 saturated carbocycles. The second kappa shape index (κ2) is 7.55. The summed E-state index contributed by atoms with van der Waals surface area (Å²) in [6.07, 6.45) is -2.02. The Morgan fingerprint density at radius 2 is 1.71 bits per heavy atom. The highest BCUT2D eigenvalue weighted by Gasteiger charge is 2.35. The molecule has 2 aromatic rings. The number of anilines is 1. The van der Waals surface area contributed by atoms with E-state index in [1.807, 2.05) is 0 Å². The molecule has 0 radical (unpaired) electrons. The number of hydrogen-bond acceptors (Lipinski definition) is 4. The first kappa shape index (κ1) is 20.3. The third-order valence-electron chi connectivity index (χ3n) is 4.47. The average molecular weight is 416 g/mol. The average Bonchev–Trinajstić information content (AvgIpc) is 3.05. The molecule has 152 valence electrons. The Labute approximate surface area is 160 Å². The van der Waals surface area contributed by atoms with Crippen LogP contribution < -0.4 is 5.32 Å². The fourth-order valence-corrected chi connectivity index (χ4v) is 4.50. The number of aryl methyl sites for hydroxylation is 1. The summed E-state index contributed by atoms with van der Waals surface area (Å²) in [6, 6.07) is 6.18. The van der Waals surface area contributed by atoms with Crippen molar-refractivity contribution in [1.82, 2.24) is 14.1 Å². The zero-order valence-electron chi connectivity index (χ0n) is 15.0. The first-order valence-electron chi connectivity index (χ1n) is 8.62. The van der Waals surface area contributed by atoms with E-state index in [0.717, 1.165) is 23.9 Å². The molecule has 2 heterocycles. The van der Waals surface area contributed by atoms with Crippen LogP contribution in [0.4, 0.5) is 18.9 Å². The number of hydrogen-bond donors (Lipinski definition) is 1. The Morgan fingerprint density at radius 3 is 2.25 bits per heavy atom. The molecule has 1 saturated heterocycles. The van der Waals surface area contributed by atoms with Crippen LogP contribution in [0.5, 0.6) is 0 Å². The minimum Gasteiger partial charge on any atom is -0.321 e. The molecule has 0 aliphatic carbocycles. The predicted octanol–water partition coefficient (Wildman–Crippen LogP) is 2.87. The number of halogens is 3. The van der Waals surface area contributed by atoms with Crippen molar-refractivity contribution in [2.75, 3.05) is 18.4 Å². The van der Waals surface area contributed by atoms with E-state index in [2.05, 4.69) is 10.4 Å². The van der Waals surface area contributed by atoms with Crippen LogP contribution >= 0.6 is 0 Å². The summed E-state index contributed by atoms with van der Waals surface area (Å²) in [4.78, 5) is 12.3. The standard InChI is InChI=1S/C17H19F3N4O3S/c1-23-14(11-15(22-23)17(18,19)20)16(25)21-12-5-7-13(8-6-12)28(26,27)24-9-3-2-4-10-24/h5-8,11H,2-4,9-10H2,1H3,(H,21,25). The van der Waals surface area contributed by atoms with E-state index in [1.54, 1.807) is 0 Å². The van der Waals surface area contributed by atoms with Gasteiger partial charge in [-0.1, -0.05) is 6.42 Å². The number of carbonyl (C=O) groups excluding carboxylic acids is 1. The molecule has 28 heavy (non-hydrogen) atoms. The van der Waals surface area contributed by atoms with Gasteiger partial charge >= 0.3 is 6.18 Å². The van der Waals surface area contributed by atoms with Crippen LogP contribution in [0.2, 0.25) is 0 Å². The molecule has 0 spiro atoms. The number of amides is 1. The molecule has 1 aromatic carbocycles. The zero-order valence-corrected chi connectivity index (χ0v) is 15.8. The Hall–Kier alpha value is -2.40. The number of nitrogens with one attached hydrogen (secondary N) is 1. The number of alkyl halides is 3. The van der Waals surface area contributed by atoms with E-state index in [9.17, 15) is 26.4 Å². The smallest absolute Gasteiger partial charge is 0.321 e. The Balaban J connectivity index is 1.74. The van der Waals surface area contributed by atoms with Crippen LogP contribution in [0.3, 0.4) is 0 Å². The summed E-state index contributed by atoms with van der Waals surface area (Å²) in [5.41, 5.74) is -1.17. The van der Waals surface area contributed by atoms with Gasteiger partial charge in [-0.3, -0.25) is 9.48 Å². The monoisotopic (exact) mass is 416 g/mol. The van der Waals surface area contributed by atoms with E-state index in [1.165, 1.54) is 35.6 Å². The fraction of sp³-hybridized carbons (Fsp3) is 0.412. The Kier molecular flexibility index (Phi) is 5.48. The van der Waals surface area contributed by atoms with Crippen molar-refractivity contribution in [3.05, 3.63) is 41.7 Å². The van der Waals surface area contributed by atoms with Crippen LogP contribution in [-0.2, 0) is 23.2 Å². The molecule has 7 nitrogen and oxygen atoms in total. The first-order chi connectivity index (χ1) is 13.1. The van der Waals surface area contributed by atoms with Gasteiger partial charge in [0.15, 0.2) is 5.69 Å². The number of rotatable bonds is 4. The molecular formula is C17H19F3N4O3S. The van der Waals surface area contributed by atoms with Gasteiger partial charge in [-0.25, -0.2) is 8.42 Å².